The van der Waals surface area contributed by atoms with E-state index >= 15 is 0 Å². The Hall–Kier alpha value is -1.89. The highest BCUT2D eigenvalue weighted by Crippen LogP contribution is 2.30. The molecule has 3 heterocycles. The van der Waals surface area contributed by atoms with E-state index in [1.54, 1.807) is 13.0 Å². The van der Waals surface area contributed by atoms with Crippen LogP contribution in [0.2, 0.25) is 5.02 Å². The summed E-state index contributed by atoms with van der Waals surface area (Å²) in [5.41, 5.74) is 1.46. The van der Waals surface area contributed by atoms with Crippen LogP contribution in [-0.2, 0) is 4.74 Å². The van der Waals surface area contributed by atoms with E-state index in [9.17, 15) is 4.79 Å². The molecule has 1 aromatic carbocycles. The lowest BCUT2D eigenvalue weighted by Gasteiger charge is -2.35. The van der Waals surface area contributed by atoms with Crippen LogP contribution in [0.1, 0.15) is 34.3 Å². The van der Waals surface area contributed by atoms with E-state index in [0.717, 1.165) is 30.1 Å². The number of amides is 1. The van der Waals surface area contributed by atoms with Crippen molar-refractivity contribution >= 4 is 17.5 Å². The summed E-state index contributed by atoms with van der Waals surface area (Å²) in [6.07, 6.45) is 0.928. The van der Waals surface area contributed by atoms with Crippen molar-refractivity contribution in [2.45, 2.75) is 31.5 Å². The largest absolute Gasteiger partial charge is 0.371 e. The van der Waals surface area contributed by atoms with Crippen molar-refractivity contribution in [1.29, 1.82) is 0 Å². The van der Waals surface area contributed by atoms with Gasteiger partial charge in [0, 0.05) is 36.3 Å². The topological polar surface area (TPSA) is 67.6 Å². The second-order valence-corrected chi connectivity index (χ2v) is 7.15. The lowest BCUT2D eigenvalue weighted by Crippen LogP contribution is -2.43. The minimum absolute atomic E-state index is 0.0427. The standard InChI is InChI=1S/C18H20ClN3O3/c1-11-6-16(21-25-11)18(23)20-14-7-15-10-24-17(9-22(15)8-14)12-2-4-13(19)5-3-12/h2-6,14-15,17H,7-10H2,1H3,(H,20,23)/t14-,15+,17-/m1/s1. The summed E-state index contributed by atoms with van der Waals surface area (Å²) in [6.45, 7) is 4.08. The second-order valence-electron chi connectivity index (χ2n) is 6.71. The van der Waals surface area contributed by atoms with Crippen LogP contribution >= 0.6 is 11.6 Å². The van der Waals surface area contributed by atoms with E-state index in [-0.39, 0.29) is 18.1 Å². The molecule has 0 radical (unpaired) electrons. The maximum atomic E-state index is 12.2. The Morgan fingerprint density at radius 3 is 2.84 bits per heavy atom. The number of nitrogens with zero attached hydrogens (tertiary/aromatic N) is 2. The molecule has 2 saturated heterocycles. The van der Waals surface area contributed by atoms with Crippen LogP contribution < -0.4 is 5.32 Å². The molecule has 2 aliphatic heterocycles. The average Bonchev–Trinajstić information content (AvgIpc) is 3.20. The van der Waals surface area contributed by atoms with E-state index in [0.29, 0.717) is 24.1 Å². The third kappa shape index (κ3) is 3.56. The van der Waals surface area contributed by atoms with Gasteiger partial charge in [-0.3, -0.25) is 9.69 Å². The van der Waals surface area contributed by atoms with Gasteiger partial charge in [0.25, 0.3) is 5.91 Å². The first-order valence-corrected chi connectivity index (χ1v) is 8.81. The molecule has 25 heavy (non-hydrogen) atoms. The molecule has 6 nitrogen and oxygen atoms in total. The van der Waals surface area contributed by atoms with Gasteiger partial charge in [0.15, 0.2) is 5.69 Å². The van der Waals surface area contributed by atoms with Crippen molar-refractivity contribution in [2.24, 2.45) is 0 Å². The number of morpholine rings is 1. The molecule has 2 aromatic rings. The van der Waals surface area contributed by atoms with Crippen LogP contribution in [0.3, 0.4) is 0 Å². The quantitative estimate of drug-likeness (QED) is 0.910. The first-order valence-electron chi connectivity index (χ1n) is 8.44. The Labute approximate surface area is 151 Å². The van der Waals surface area contributed by atoms with Gasteiger partial charge in [0.1, 0.15) is 5.76 Å². The number of fused-ring (bicyclic) bond motifs is 1. The molecular weight excluding hydrogens is 342 g/mol. The summed E-state index contributed by atoms with van der Waals surface area (Å²) >= 11 is 5.96. The van der Waals surface area contributed by atoms with Crippen LogP contribution in [0.15, 0.2) is 34.9 Å². The summed E-state index contributed by atoms with van der Waals surface area (Å²) < 4.78 is 11.0. The number of aryl methyl sites for hydroxylation is 1. The maximum absolute atomic E-state index is 12.2. The zero-order valence-electron chi connectivity index (χ0n) is 13.9. The Balaban J connectivity index is 1.36. The number of hydrogen-bond donors (Lipinski definition) is 1. The third-order valence-electron chi connectivity index (χ3n) is 4.86. The number of benzene rings is 1. The van der Waals surface area contributed by atoms with E-state index < -0.39 is 0 Å². The summed E-state index contributed by atoms with van der Waals surface area (Å²) in [6, 6.07) is 9.89. The van der Waals surface area contributed by atoms with Crippen molar-refractivity contribution in [1.82, 2.24) is 15.4 Å². The summed E-state index contributed by atoms with van der Waals surface area (Å²) in [5, 5.41) is 7.55. The summed E-state index contributed by atoms with van der Waals surface area (Å²) in [7, 11) is 0. The molecule has 1 amide bonds. The number of ether oxygens (including phenoxy) is 1. The number of carbonyl (C=O) groups is 1. The molecule has 7 heteroatoms. The average molecular weight is 362 g/mol. The van der Waals surface area contributed by atoms with Gasteiger partial charge in [0.2, 0.25) is 0 Å². The van der Waals surface area contributed by atoms with Crippen molar-refractivity contribution in [3.63, 3.8) is 0 Å². The number of hydrogen-bond acceptors (Lipinski definition) is 5. The van der Waals surface area contributed by atoms with Crippen LogP contribution in [0.5, 0.6) is 0 Å². The van der Waals surface area contributed by atoms with Gasteiger partial charge in [0.05, 0.1) is 12.7 Å². The Kier molecular flexibility index (Phi) is 4.50. The van der Waals surface area contributed by atoms with Crippen molar-refractivity contribution < 1.29 is 14.1 Å². The maximum Gasteiger partial charge on any atom is 0.273 e. The normalized spacial score (nSPS) is 26.4. The van der Waals surface area contributed by atoms with Crippen LogP contribution in [0.25, 0.3) is 0 Å². The molecule has 2 aliphatic rings. The van der Waals surface area contributed by atoms with E-state index in [4.69, 9.17) is 20.9 Å². The highest BCUT2D eigenvalue weighted by atomic mass is 35.5. The molecule has 0 unspecified atom stereocenters. The Bertz CT molecular complexity index is 761. The smallest absolute Gasteiger partial charge is 0.273 e. The van der Waals surface area contributed by atoms with Crippen molar-refractivity contribution in [2.75, 3.05) is 19.7 Å². The third-order valence-corrected chi connectivity index (χ3v) is 5.11. The Morgan fingerprint density at radius 1 is 1.32 bits per heavy atom. The van der Waals surface area contributed by atoms with Crippen molar-refractivity contribution in [3.8, 4) is 0 Å². The molecule has 0 bridgehead atoms. The molecule has 0 aliphatic carbocycles. The monoisotopic (exact) mass is 361 g/mol. The van der Waals surface area contributed by atoms with Gasteiger partial charge in [-0.1, -0.05) is 28.9 Å². The SMILES string of the molecule is Cc1cc(C(=O)N[C@@H]2C[C@H]3CO[C@@H](c4ccc(Cl)cc4)CN3C2)no1. The van der Waals surface area contributed by atoms with Crippen LogP contribution in [0.4, 0.5) is 0 Å². The number of nitrogens with one attached hydrogen (secondary N) is 1. The predicted octanol–water partition coefficient (Wildman–Crippen LogP) is 2.58. The number of rotatable bonds is 3. The Morgan fingerprint density at radius 2 is 2.12 bits per heavy atom. The highest BCUT2D eigenvalue weighted by Gasteiger charge is 2.38. The second kappa shape index (κ2) is 6.78. The van der Waals surface area contributed by atoms with E-state index in [1.807, 2.05) is 24.3 Å². The molecule has 1 aromatic heterocycles. The molecule has 132 valence electrons. The fraction of sp³-hybridized carbons (Fsp3) is 0.444. The minimum Gasteiger partial charge on any atom is -0.371 e. The van der Waals surface area contributed by atoms with Gasteiger partial charge in [-0.2, -0.15) is 0 Å². The fourth-order valence-corrected chi connectivity index (χ4v) is 3.72. The van der Waals surface area contributed by atoms with Gasteiger partial charge in [-0.25, -0.2) is 0 Å². The molecule has 4 rings (SSSR count). The van der Waals surface area contributed by atoms with E-state index in [2.05, 4.69) is 15.4 Å². The minimum atomic E-state index is -0.183. The van der Waals surface area contributed by atoms with Gasteiger partial charge < -0.3 is 14.6 Å². The molecule has 0 spiro atoms. The molecule has 0 saturated carbocycles. The molecule has 2 fully saturated rings. The van der Waals surface area contributed by atoms with Gasteiger partial charge in [-0.15, -0.1) is 0 Å². The highest BCUT2D eigenvalue weighted by molar-refractivity contribution is 6.30. The van der Waals surface area contributed by atoms with Gasteiger partial charge in [-0.05, 0) is 31.0 Å². The first kappa shape index (κ1) is 16.6. The van der Waals surface area contributed by atoms with Crippen molar-refractivity contribution in [3.05, 3.63) is 52.4 Å². The molecule has 3 atom stereocenters. The van der Waals surface area contributed by atoms with Gasteiger partial charge >= 0.3 is 0 Å². The molecule has 1 N–H and O–H groups in total. The zero-order valence-corrected chi connectivity index (χ0v) is 14.7. The fourth-order valence-electron chi connectivity index (χ4n) is 3.59. The summed E-state index contributed by atoms with van der Waals surface area (Å²) in [4.78, 5) is 14.6. The number of aromatic nitrogens is 1. The molecular formula is C18H20ClN3O3. The van der Waals surface area contributed by atoms with Crippen LogP contribution in [-0.4, -0.2) is 47.7 Å². The lowest BCUT2D eigenvalue weighted by molar-refractivity contribution is -0.0502. The summed E-state index contributed by atoms with van der Waals surface area (Å²) in [5.74, 6) is 0.449. The van der Waals surface area contributed by atoms with Crippen LogP contribution in [0, 0.1) is 6.92 Å². The number of carbonyl (C=O) groups excluding carboxylic acids is 1. The van der Waals surface area contributed by atoms with E-state index in [1.165, 1.54) is 0 Å². The number of halogens is 1. The lowest BCUT2D eigenvalue weighted by atomic mass is 10.1. The zero-order chi connectivity index (χ0) is 17.4. The first-order chi connectivity index (χ1) is 12.1. The predicted molar refractivity (Wildman–Crippen MR) is 92.6 cm³/mol.